The van der Waals surface area contributed by atoms with Crippen molar-refractivity contribution in [2.75, 3.05) is 31.6 Å². The molecule has 2 heterocycles. The molecule has 0 aliphatic heterocycles. The summed E-state index contributed by atoms with van der Waals surface area (Å²) in [6, 6.07) is 12.7. The number of carbonyl (C=O) groups excluding carboxylic acids is 1. The van der Waals surface area contributed by atoms with Crippen molar-refractivity contribution in [1.29, 1.82) is 0 Å². The number of carbonyl (C=O) groups is 1. The van der Waals surface area contributed by atoms with Crippen molar-refractivity contribution in [3.05, 3.63) is 66.6 Å². The molecule has 0 saturated heterocycles. The molecule has 1 N–H and O–H groups in total. The topological polar surface area (TPSA) is 80.2 Å². The summed E-state index contributed by atoms with van der Waals surface area (Å²) in [6.45, 7) is 7.16. The van der Waals surface area contributed by atoms with E-state index in [0.29, 0.717) is 23.8 Å². The normalized spacial score (nSPS) is 10.7. The summed E-state index contributed by atoms with van der Waals surface area (Å²) in [6.07, 6.45) is 5.11. The van der Waals surface area contributed by atoms with E-state index in [2.05, 4.69) is 39.0 Å². The first-order valence-electron chi connectivity index (χ1n) is 9.69. The third-order valence-corrected chi connectivity index (χ3v) is 4.48. The van der Waals surface area contributed by atoms with E-state index in [1.165, 1.54) is 0 Å². The third kappa shape index (κ3) is 5.83. The molecular weight excluding hydrogens is 366 g/mol. The molecule has 0 aliphatic carbocycles. The molecule has 0 radical (unpaired) electrons. The van der Waals surface area contributed by atoms with Crippen LogP contribution in [0.25, 0.3) is 11.4 Å². The number of nitrogens with zero attached hydrogens (tertiary/aromatic N) is 4. The summed E-state index contributed by atoms with van der Waals surface area (Å²) in [7, 11) is 0. The number of ether oxygens (including phenoxy) is 1. The smallest absolute Gasteiger partial charge is 0.338 e. The Morgan fingerprint density at radius 2 is 1.97 bits per heavy atom. The number of pyridine rings is 1. The molecule has 7 heteroatoms. The zero-order valence-electron chi connectivity index (χ0n) is 16.7. The van der Waals surface area contributed by atoms with Gasteiger partial charge in [-0.15, -0.1) is 0 Å². The molecule has 29 heavy (non-hydrogen) atoms. The van der Waals surface area contributed by atoms with Crippen LogP contribution in [0, 0.1) is 0 Å². The van der Waals surface area contributed by atoms with Gasteiger partial charge in [0, 0.05) is 36.4 Å². The summed E-state index contributed by atoms with van der Waals surface area (Å²) in [5, 5.41) is 3.21. The highest BCUT2D eigenvalue weighted by atomic mass is 16.5. The van der Waals surface area contributed by atoms with Gasteiger partial charge in [0.15, 0.2) is 5.82 Å². The summed E-state index contributed by atoms with van der Waals surface area (Å²) < 4.78 is 5.40. The second-order valence-corrected chi connectivity index (χ2v) is 6.38. The van der Waals surface area contributed by atoms with E-state index in [-0.39, 0.29) is 5.97 Å². The lowest BCUT2D eigenvalue weighted by Gasteiger charge is -2.17. The van der Waals surface area contributed by atoms with Gasteiger partial charge in [0.1, 0.15) is 12.4 Å². The van der Waals surface area contributed by atoms with Gasteiger partial charge < -0.3 is 15.0 Å². The van der Waals surface area contributed by atoms with Crippen LogP contribution in [0.1, 0.15) is 24.2 Å². The van der Waals surface area contributed by atoms with E-state index in [4.69, 9.17) is 4.74 Å². The molecule has 150 valence electrons. The maximum Gasteiger partial charge on any atom is 0.338 e. The predicted molar refractivity (Wildman–Crippen MR) is 113 cm³/mol. The van der Waals surface area contributed by atoms with Crippen LogP contribution in [0.5, 0.6) is 0 Å². The number of hydrogen-bond donors (Lipinski definition) is 1. The van der Waals surface area contributed by atoms with E-state index in [1.54, 1.807) is 36.8 Å². The lowest BCUT2D eigenvalue weighted by molar-refractivity contribution is 0.0466. The Kier molecular flexibility index (Phi) is 7.24. The zero-order valence-corrected chi connectivity index (χ0v) is 16.7. The van der Waals surface area contributed by atoms with Crippen molar-refractivity contribution in [1.82, 2.24) is 19.9 Å². The minimum absolute atomic E-state index is 0.334. The van der Waals surface area contributed by atoms with Gasteiger partial charge in [0.25, 0.3) is 0 Å². The van der Waals surface area contributed by atoms with Crippen LogP contribution >= 0.6 is 0 Å². The maximum atomic E-state index is 12.3. The zero-order chi connectivity index (χ0) is 20.5. The molecule has 0 bridgehead atoms. The standard InChI is InChI=1S/C22H25N5O2/c1-3-27(4-2)13-14-29-22(28)17-7-5-9-19(15-17)25-20-10-12-24-21(26-20)18-8-6-11-23-16-18/h5-12,15-16H,3-4,13-14H2,1-2H3,(H,24,25,26). The number of hydrogen-bond acceptors (Lipinski definition) is 7. The van der Waals surface area contributed by atoms with E-state index < -0.39 is 0 Å². The van der Waals surface area contributed by atoms with Gasteiger partial charge >= 0.3 is 5.97 Å². The van der Waals surface area contributed by atoms with Gasteiger partial charge in [0.2, 0.25) is 0 Å². The molecule has 0 saturated carbocycles. The van der Waals surface area contributed by atoms with Crippen LogP contribution < -0.4 is 5.32 Å². The van der Waals surface area contributed by atoms with Gasteiger partial charge in [-0.25, -0.2) is 14.8 Å². The van der Waals surface area contributed by atoms with E-state index in [1.807, 2.05) is 24.3 Å². The van der Waals surface area contributed by atoms with Crippen molar-refractivity contribution in [2.24, 2.45) is 0 Å². The van der Waals surface area contributed by atoms with E-state index in [0.717, 1.165) is 30.9 Å². The molecule has 0 unspecified atom stereocenters. The fourth-order valence-electron chi connectivity index (χ4n) is 2.82. The summed E-state index contributed by atoms with van der Waals surface area (Å²) in [4.78, 5) is 27.5. The highest BCUT2D eigenvalue weighted by Crippen LogP contribution is 2.19. The lowest BCUT2D eigenvalue weighted by Crippen LogP contribution is -2.27. The first-order valence-corrected chi connectivity index (χ1v) is 9.69. The van der Waals surface area contributed by atoms with Crippen molar-refractivity contribution in [3.8, 4) is 11.4 Å². The molecule has 3 aromatic rings. The number of benzene rings is 1. The second kappa shape index (κ2) is 10.3. The Morgan fingerprint density at radius 1 is 1.10 bits per heavy atom. The summed E-state index contributed by atoms with van der Waals surface area (Å²) in [5.41, 5.74) is 2.08. The van der Waals surface area contributed by atoms with Crippen molar-refractivity contribution < 1.29 is 9.53 Å². The monoisotopic (exact) mass is 391 g/mol. The Bertz CT molecular complexity index is 929. The second-order valence-electron chi connectivity index (χ2n) is 6.38. The predicted octanol–water partition coefficient (Wildman–Crippen LogP) is 3.78. The molecule has 0 atom stereocenters. The minimum Gasteiger partial charge on any atom is -0.461 e. The SMILES string of the molecule is CCN(CC)CCOC(=O)c1cccc(Nc2ccnc(-c3cccnc3)n2)c1. The van der Waals surface area contributed by atoms with Gasteiger partial charge in [-0.3, -0.25) is 4.98 Å². The molecule has 0 fully saturated rings. The fraction of sp³-hybridized carbons (Fsp3) is 0.273. The quantitative estimate of drug-likeness (QED) is 0.556. The van der Waals surface area contributed by atoms with E-state index >= 15 is 0 Å². The molecule has 7 nitrogen and oxygen atoms in total. The number of anilines is 2. The van der Waals surface area contributed by atoms with E-state index in [9.17, 15) is 4.79 Å². The molecule has 1 aromatic carbocycles. The Hall–Kier alpha value is -3.32. The molecular formula is C22H25N5O2. The van der Waals surface area contributed by atoms with Crippen LogP contribution in [-0.4, -0.2) is 52.1 Å². The Balaban J connectivity index is 1.65. The number of rotatable bonds is 9. The van der Waals surface area contributed by atoms with Crippen LogP contribution in [0.15, 0.2) is 61.1 Å². The fourth-order valence-corrected chi connectivity index (χ4v) is 2.82. The van der Waals surface area contributed by atoms with Gasteiger partial charge in [0.05, 0.1) is 5.56 Å². The number of esters is 1. The Morgan fingerprint density at radius 3 is 2.72 bits per heavy atom. The minimum atomic E-state index is -0.334. The number of aromatic nitrogens is 3. The highest BCUT2D eigenvalue weighted by molar-refractivity contribution is 5.90. The first kappa shape index (κ1) is 20.4. The molecule has 0 amide bonds. The summed E-state index contributed by atoms with van der Waals surface area (Å²) >= 11 is 0. The Labute approximate surface area is 170 Å². The van der Waals surface area contributed by atoms with Crippen molar-refractivity contribution >= 4 is 17.5 Å². The number of likely N-dealkylation sites (N-methyl/N-ethyl adjacent to an activating group) is 1. The molecule has 2 aromatic heterocycles. The molecule has 0 aliphatic rings. The average Bonchev–Trinajstić information content (AvgIpc) is 2.77. The van der Waals surface area contributed by atoms with Crippen molar-refractivity contribution in [3.63, 3.8) is 0 Å². The lowest BCUT2D eigenvalue weighted by atomic mass is 10.2. The summed E-state index contributed by atoms with van der Waals surface area (Å²) in [5.74, 6) is 0.875. The number of nitrogens with one attached hydrogen (secondary N) is 1. The van der Waals surface area contributed by atoms with Gasteiger partial charge in [-0.05, 0) is 49.5 Å². The van der Waals surface area contributed by atoms with Gasteiger partial charge in [-0.1, -0.05) is 19.9 Å². The van der Waals surface area contributed by atoms with Crippen LogP contribution in [0.3, 0.4) is 0 Å². The van der Waals surface area contributed by atoms with Crippen LogP contribution in [0.2, 0.25) is 0 Å². The third-order valence-electron chi connectivity index (χ3n) is 4.48. The molecule has 3 rings (SSSR count). The maximum absolute atomic E-state index is 12.3. The average molecular weight is 391 g/mol. The molecule has 0 spiro atoms. The van der Waals surface area contributed by atoms with Gasteiger partial charge in [-0.2, -0.15) is 0 Å². The van der Waals surface area contributed by atoms with Crippen molar-refractivity contribution in [2.45, 2.75) is 13.8 Å². The largest absolute Gasteiger partial charge is 0.461 e. The van der Waals surface area contributed by atoms with Crippen LogP contribution in [-0.2, 0) is 4.74 Å². The first-order chi connectivity index (χ1) is 14.2. The van der Waals surface area contributed by atoms with Crippen LogP contribution in [0.4, 0.5) is 11.5 Å². The highest BCUT2D eigenvalue weighted by Gasteiger charge is 2.10.